The van der Waals surface area contributed by atoms with Gasteiger partial charge in [0.05, 0.1) is 16.0 Å². The van der Waals surface area contributed by atoms with Crippen LogP contribution < -0.4 is 10.6 Å². The lowest BCUT2D eigenvalue weighted by Crippen LogP contribution is -2.40. The summed E-state index contributed by atoms with van der Waals surface area (Å²) in [5, 5.41) is 15.0. The summed E-state index contributed by atoms with van der Waals surface area (Å²) in [5.41, 5.74) is -4.49. The summed E-state index contributed by atoms with van der Waals surface area (Å²) in [6.07, 6.45) is -10.2. The topological polar surface area (TPSA) is 82.0 Å². The minimum absolute atomic E-state index is 0.0601. The quantitative estimate of drug-likeness (QED) is 0.298. The second-order valence-corrected chi connectivity index (χ2v) is 11.2. The van der Waals surface area contributed by atoms with Gasteiger partial charge in [0.2, 0.25) is 9.84 Å². The smallest absolute Gasteiger partial charge is 0.367 e. The van der Waals surface area contributed by atoms with E-state index in [9.17, 15) is 40.0 Å². The molecule has 36 heavy (non-hydrogen) atoms. The van der Waals surface area contributed by atoms with Gasteiger partial charge in [-0.25, -0.2) is 8.42 Å². The largest absolute Gasteiger partial charge is 0.416 e. The van der Waals surface area contributed by atoms with Crippen LogP contribution in [0, 0.1) is 16.7 Å². The highest BCUT2D eigenvalue weighted by Crippen LogP contribution is 2.38. The molecule has 0 amide bonds. The summed E-state index contributed by atoms with van der Waals surface area (Å²) in [6.45, 7) is 6.88. The number of hydrogen-bond acceptors (Lipinski definition) is 5. The molecule has 0 bridgehead atoms. The monoisotopic (exact) mass is 553 g/mol. The predicted molar refractivity (Wildman–Crippen MR) is 123 cm³/mol. The first-order valence-electron chi connectivity index (χ1n) is 10.2. The van der Waals surface area contributed by atoms with Crippen LogP contribution >= 0.6 is 11.6 Å². The minimum Gasteiger partial charge on any atom is -0.367 e. The van der Waals surface area contributed by atoms with Crippen molar-refractivity contribution < 1.29 is 34.8 Å². The number of hydrogen-bond donors (Lipinski definition) is 2. The summed E-state index contributed by atoms with van der Waals surface area (Å²) in [5.74, 6) is -0.581. The van der Waals surface area contributed by atoms with Crippen molar-refractivity contribution >= 4 is 27.1 Å². The molecule has 0 radical (unpaired) electrons. The Balaban J connectivity index is 2.78. The third-order valence-corrected chi connectivity index (χ3v) is 7.22. The van der Waals surface area contributed by atoms with Gasteiger partial charge >= 0.3 is 12.4 Å². The average molecular weight is 554 g/mol. The van der Waals surface area contributed by atoms with E-state index in [2.05, 4.69) is 10.6 Å². The molecule has 0 aromatic heterocycles. The van der Waals surface area contributed by atoms with Gasteiger partial charge in [-0.1, -0.05) is 32.4 Å². The Labute approximate surface area is 209 Å². The lowest BCUT2D eigenvalue weighted by molar-refractivity contribution is -0.143. The fourth-order valence-electron chi connectivity index (χ4n) is 2.74. The first-order chi connectivity index (χ1) is 16.3. The molecule has 1 atom stereocenters. The molecule has 0 aliphatic carbocycles. The van der Waals surface area contributed by atoms with Crippen LogP contribution in [0.15, 0.2) is 58.1 Å². The second-order valence-electron chi connectivity index (χ2n) is 8.92. The van der Waals surface area contributed by atoms with Gasteiger partial charge in [-0.2, -0.15) is 31.6 Å². The maximum atomic E-state index is 13.3. The van der Waals surface area contributed by atoms with Crippen LogP contribution in [0.1, 0.15) is 38.8 Å². The Hall–Kier alpha value is -2.91. The van der Waals surface area contributed by atoms with E-state index in [1.807, 2.05) is 0 Å². The molecule has 196 valence electrons. The molecule has 2 rings (SSSR count). The molecule has 5 nitrogen and oxygen atoms in total. The van der Waals surface area contributed by atoms with Gasteiger partial charge < -0.3 is 10.6 Å². The summed E-state index contributed by atoms with van der Waals surface area (Å²) >= 11 is 5.79. The van der Waals surface area contributed by atoms with E-state index in [4.69, 9.17) is 11.6 Å². The number of alkyl halides is 6. The van der Waals surface area contributed by atoms with Crippen LogP contribution in [0.5, 0.6) is 0 Å². The molecule has 0 heterocycles. The highest BCUT2D eigenvalue weighted by molar-refractivity contribution is 7.95. The zero-order valence-corrected chi connectivity index (χ0v) is 21.0. The average Bonchev–Trinajstić information content (AvgIpc) is 2.72. The van der Waals surface area contributed by atoms with Gasteiger partial charge in [0.15, 0.2) is 4.91 Å². The van der Waals surface area contributed by atoms with Crippen LogP contribution in [0.3, 0.4) is 0 Å². The maximum Gasteiger partial charge on any atom is 0.416 e. The molecular formula is C23H22ClF6N3O2S. The van der Waals surface area contributed by atoms with E-state index in [-0.39, 0.29) is 16.0 Å². The number of halogens is 7. The molecule has 13 heteroatoms. The van der Waals surface area contributed by atoms with Crippen LogP contribution in [0.4, 0.5) is 32.0 Å². The Kier molecular flexibility index (Phi) is 8.32. The van der Waals surface area contributed by atoms with Gasteiger partial charge in [0.25, 0.3) is 0 Å². The number of rotatable bonds is 6. The summed E-state index contributed by atoms with van der Waals surface area (Å²) in [7, 11) is -4.56. The minimum atomic E-state index is -5.12. The molecule has 0 spiro atoms. The standard InChI is InChI=1S/C23H22ClF6N3O2S/c1-13(21(2,3)4)32-20(19(12-31)36(34,35)18-7-5-16(24)6-8-18)33-17-10-14(22(25,26)27)9-15(11-17)23(28,29)30/h5-11,13,32-33H,1-4H3/t13-/m0/s1. The Morgan fingerprint density at radius 3 is 1.81 bits per heavy atom. The molecule has 2 aromatic rings. The first-order valence-corrected chi connectivity index (χ1v) is 12.1. The number of nitrogens with one attached hydrogen (secondary N) is 2. The molecule has 0 fully saturated rings. The first kappa shape index (κ1) is 29.3. The third kappa shape index (κ3) is 7.07. The second kappa shape index (κ2) is 10.2. The van der Waals surface area contributed by atoms with Crippen molar-refractivity contribution in [1.82, 2.24) is 5.32 Å². The van der Waals surface area contributed by atoms with E-state index < -0.39 is 61.2 Å². The lowest BCUT2D eigenvalue weighted by Gasteiger charge is -2.31. The third-order valence-electron chi connectivity index (χ3n) is 5.24. The van der Waals surface area contributed by atoms with Crippen molar-refractivity contribution in [3.05, 3.63) is 69.3 Å². The molecule has 2 aromatic carbocycles. The summed E-state index contributed by atoms with van der Waals surface area (Å²) < 4.78 is 106. The van der Waals surface area contributed by atoms with Gasteiger partial charge in [-0.3, -0.25) is 0 Å². The number of allylic oxidation sites excluding steroid dienone is 1. The fraction of sp³-hybridized carbons (Fsp3) is 0.348. The molecule has 0 saturated carbocycles. The molecule has 2 N–H and O–H groups in total. The van der Waals surface area contributed by atoms with Crippen molar-refractivity contribution in [3.63, 3.8) is 0 Å². The van der Waals surface area contributed by atoms with Gasteiger partial charge in [-0.05, 0) is 54.8 Å². The zero-order chi connectivity index (χ0) is 27.7. The van der Waals surface area contributed by atoms with Gasteiger partial charge in [0.1, 0.15) is 11.9 Å². The van der Waals surface area contributed by atoms with Crippen molar-refractivity contribution in [2.45, 2.75) is 51.0 Å². The molecule has 0 aliphatic heterocycles. The lowest BCUT2D eigenvalue weighted by atomic mass is 9.88. The van der Waals surface area contributed by atoms with E-state index in [0.717, 1.165) is 12.1 Å². The van der Waals surface area contributed by atoms with E-state index in [0.29, 0.717) is 12.1 Å². The van der Waals surface area contributed by atoms with Crippen molar-refractivity contribution in [2.75, 3.05) is 5.32 Å². The van der Waals surface area contributed by atoms with Gasteiger partial charge in [0, 0.05) is 16.8 Å². The Morgan fingerprint density at radius 2 is 1.42 bits per heavy atom. The van der Waals surface area contributed by atoms with E-state index >= 15 is 0 Å². The Bertz CT molecular complexity index is 1260. The zero-order valence-electron chi connectivity index (χ0n) is 19.4. The normalized spacial score (nSPS) is 14.5. The van der Waals surface area contributed by atoms with Gasteiger partial charge in [-0.15, -0.1) is 0 Å². The van der Waals surface area contributed by atoms with Crippen molar-refractivity contribution in [1.29, 1.82) is 5.26 Å². The summed E-state index contributed by atoms with van der Waals surface area (Å²) in [4.78, 5) is -1.29. The Morgan fingerprint density at radius 1 is 0.944 bits per heavy atom. The molecule has 0 unspecified atom stereocenters. The number of nitrogens with zero attached hydrogens (tertiary/aromatic N) is 1. The predicted octanol–water partition coefficient (Wildman–Crippen LogP) is 6.98. The fourth-order valence-corrected chi connectivity index (χ4v) is 4.10. The maximum absolute atomic E-state index is 13.3. The summed E-state index contributed by atoms with van der Waals surface area (Å²) in [6, 6.07) is 6.39. The molecular weight excluding hydrogens is 532 g/mol. The van der Waals surface area contributed by atoms with Crippen molar-refractivity contribution in [2.24, 2.45) is 5.41 Å². The number of benzene rings is 2. The van der Waals surface area contributed by atoms with Crippen LogP contribution in [0.2, 0.25) is 5.02 Å². The van der Waals surface area contributed by atoms with Crippen LogP contribution in [0.25, 0.3) is 0 Å². The number of nitriles is 1. The van der Waals surface area contributed by atoms with Crippen LogP contribution in [-0.2, 0) is 22.2 Å². The van der Waals surface area contributed by atoms with Crippen LogP contribution in [-0.4, -0.2) is 14.5 Å². The number of sulfone groups is 1. The van der Waals surface area contributed by atoms with E-state index in [1.165, 1.54) is 18.2 Å². The number of anilines is 1. The van der Waals surface area contributed by atoms with E-state index in [1.54, 1.807) is 27.7 Å². The molecule has 0 saturated heterocycles. The highest BCUT2D eigenvalue weighted by Gasteiger charge is 2.37. The highest BCUT2D eigenvalue weighted by atomic mass is 35.5. The SMILES string of the molecule is C[C@H](NC(Nc1cc(C(F)(F)F)cc(C(F)(F)F)c1)=C(C#N)S(=O)(=O)c1ccc(Cl)cc1)C(C)(C)C. The molecule has 0 aliphatic rings. The van der Waals surface area contributed by atoms with Crippen molar-refractivity contribution in [3.8, 4) is 6.07 Å².